The molecule has 2 amide bonds. The van der Waals surface area contributed by atoms with Crippen LogP contribution in [0.5, 0.6) is 0 Å². The molecule has 3 aromatic carbocycles. The quantitative estimate of drug-likeness (QED) is 0.510. The molecule has 1 N–H and O–H groups in total. The average Bonchev–Trinajstić information content (AvgIpc) is 2.91. The lowest BCUT2D eigenvalue weighted by Crippen LogP contribution is -3.14. The molecule has 0 aromatic heterocycles. The number of fused-ring (bicyclic) bond motifs is 1. The summed E-state index contributed by atoms with van der Waals surface area (Å²) in [4.78, 5) is 33.5. The summed E-state index contributed by atoms with van der Waals surface area (Å²) in [5.74, 6) is 0.0317. The van der Waals surface area contributed by atoms with Crippen LogP contribution in [0.3, 0.4) is 0 Å². The largest absolute Gasteiger partial charge is 0.332 e. The van der Waals surface area contributed by atoms with E-state index in [0.717, 1.165) is 54.4 Å². The Bertz CT molecular complexity index is 1300. The predicted molar refractivity (Wildman–Crippen MR) is 147 cm³/mol. The van der Waals surface area contributed by atoms with Gasteiger partial charge in [-0.1, -0.05) is 59.8 Å². The summed E-state index contributed by atoms with van der Waals surface area (Å²) in [6.07, 6.45) is 1.91. The molecule has 5 nitrogen and oxygen atoms in total. The lowest BCUT2D eigenvalue weighted by molar-refractivity contribution is -0.902. The highest BCUT2D eigenvalue weighted by molar-refractivity contribution is 8.04. The number of halogens is 1. The SMILES string of the molecule is CC[NH+]1CCN(C(=O)c2ccc(C=C3Sc4ccccc4N(Cc4cccc(Cl)c4)C3=O)cc2)CC1. The molecule has 0 saturated carbocycles. The highest BCUT2D eigenvalue weighted by Crippen LogP contribution is 2.42. The summed E-state index contributed by atoms with van der Waals surface area (Å²) in [5, 5.41) is 0.651. The third kappa shape index (κ3) is 5.36. The summed E-state index contributed by atoms with van der Waals surface area (Å²) in [5.41, 5.74) is 3.45. The van der Waals surface area contributed by atoms with Gasteiger partial charge in [-0.05, 0) is 60.5 Å². The lowest BCUT2D eigenvalue weighted by Gasteiger charge is -2.31. The predicted octanol–water partition coefficient (Wildman–Crippen LogP) is 4.38. The van der Waals surface area contributed by atoms with E-state index in [1.807, 2.05) is 83.8 Å². The van der Waals surface area contributed by atoms with Crippen LogP contribution in [0.2, 0.25) is 5.02 Å². The lowest BCUT2D eigenvalue weighted by atomic mass is 10.1. The molecular formula is C29H29ClN3O2S+. The molecule has 3 aromatic rings. The summed E-state index contributed by atoms with van der Waals surface area (Å²) in [7, 11) is 0. The van der Waals surface area contributed by atoms with Crippen molar-refractivity contribution < 1.29 is 14.5 Å². The molecule has 0 radical (unpaired) electrons. The number of carbonyl (C=O) groups excluding carboxylic acids is 2. The molecule has 36 heavy (non-hydrogen) atoms. The monoisotopic (exact) mass is 518 g/mol. The molecule has 0 unspecified atom stereocenters. The van der Waals surface area contributed by atoms with Crippen LogP contribution < -0.4 is 9.80 Å². The van der Waals surface area contributed by atoms with Crippen LogP contribution in [-0.4, -0.2) is 49.4 Å². The molecule has 0 atom stereocenters. The molecule has 184 valence electrons. The fourth-order valence-electron chi connectivity index (χ4n) is 4.67. The second-order valence-electron chi connectivity index (χ2n) is 9.12. The van der Waals surface area contributed by atoms with Gasteiger partial charge < -0.3 is 14.7 Å². The maximum Gasteiger partial charge on any atom is 0.265 e. The van der Waals surface area contributed by atoms with Crippen LogP contribution in [0.1, 0.15) is 28.4 Å². The van der Waals surface area contributed by atoms with Crippen LogP contribution in [0.4, 0.5) is 5.69 Å². The number of rotatable bonds is 5. The summed E-state index contributed by atoms with van der Waals surface area (Å²) < 4.78 is 0. The van der Waals surface area contributed by atoms with E-state index in [1.54, 1.807) is 9.80 Å². The van der Waals surface area contributed by atoms with E-state index in [4.69, 9.17) is 11.6 Å². The van der Waals surface area contributed by atoms with Crippen molar-refractivity contribution in [3.63, 3.8) is 0 Å². The highest BCUT2D eigenvalue weighted by Gasteiger charge is 2.29. The van der Waals surface area contributed by atoms with E-state index in [1.165, 1.54) is 11.8 Å². The summed E-state index contributed by atoms with van der Waals surface area (Å²) >= 11 is 7.66. The third-order valence-corrected chi connectivity index (χ3v) is 8.09. The minimum absolute atomic E-state index is 0.0462. The first kappa shape index (κ1) is 24.6. The number of amides is 2. The molecular weight excluding hydrogens is 490 g/mol. The highest BCUT2D eigenvalue weighted by atomic mass is 35.5. The number of benzene rings is 3. The first-order chi connectivity index (χ1) is 17.5. The van der Waals surface area contributed by atoms with E-state index in [0.29, 0.717) is 22.0 Å². The molecule has 2 aliphatic heterocycles. The second kappa shape index (κ2) is 10.9. The van der Waals surface area contributed by atoms with Gasteiger partial charge in [-0.15, -0.1) is 0 Å². The van der Waals surface area contributed by atoms with Gasteiger partial charge >= 0.3 is 0 Å². The topological polar surface area (TPSA) is 45.1 Å². The van der Waals surface area contributed by atoms with Crippen molar-refractivity contribution in [2.24, 2.45) is 0 Å². The van der Waals surface area contributed by atoms with Crippen LogP contribution in [-0.2, 0) is 11.3 Å². The van der Waals surface area contributed by atoms with Crippen LogP contribution >= 0.6 is 23.4 Å². The number of hydrogen-bond donors (Lipinski definition) is 1. The number of thioether (sulfide) groups is 1. The molecule has 1 saturated heterocycles. The number of quaternary nitrogens is 1. The summed E-state index contributed by atoms with van der Waals surface area (Å²) in [6, 6.07) is 23.1. The van der Waals surface area contributed by atoms with Gasteiger partial charge in [0.05, 0.1) is 49.9 Å². The van der Waals surface area contributed by atoms with Crippen LogP contribution in [0, 0.1) is 0 Å². The number of nitrogens with one attached hydrogen (secondary N) is 1. The third-order valence-electron chi connectivity index (χ3n) is 6.77. The van der Waals surface area contributed by atoms with Crippen molar-refractivity contribution in [3.05, 3.63) is 99.4 Å². The molecule has 7 heteroatoms. The molecule has 5 rings (SSSR count). The fourth-order valence-corrected chi connectivity index (χ4v) is 5.94. The van der Waals surface area contributed by atoms with Crippen molar-refractivity contribution >= 4 is 46.9 Å². The van der Waals surface area contributed by atoms with E-state index < -0.39 is 0 Å². The van der Waals surface area contributed by atoms with Crippen molar-refractivity contribution in [2.45, 2.75) is 18.4 Å². The van der Waals surface area contributed by atoms with Crippen molar-refractivity contribution in [3.8, 4) is 0 Å². The van der Waals surface area contributed by atoms with Crippen molar-refractivity contribution in [2.75, 3.05) is 37.6 Å². The van der Waals surface area contributed by atoms with Gasteiger partial charge in [0.1, 0.15) is 0 Å². The Hall–Kier alpha value is -3.06. The minimum atomic E-state index is -0.0462. The Morgan fingerprint density at radius 1 is 1.03 bits per heavy atom. The number of hydrogen-bond acceptors (Lipinski definition) is 3. The van der Waals surface area contributed by atoms with Gasteiger partial charge in [0.25, 0.3) is 11.8 Å². The van der Waals surface area contributed by atoms with Gasteiger partial charge in [-0.25, -0.2) is 0 Å². The zero-order chi connectivity index (χ0) is 25.1. The number of anilines is 1. The number of nitrogens with zero attached hydrogens (tertiary/aromatic N) is 2. The smallest absolute Gasteiger partial charge is 0.265 e. The van der Waals surface area contributed by atoms with E-state index in [2.05, 4.69) is 6.92 Å². The van der Waals surface area contributed by atoms with Gasteiger partial charge in [0.2, 0.25) is 0 Å². The van der Waals surface area contributed by atoms with Crippen LogP contribution in [0.15, 0.2) is 82.6 Å². The first-order valence-corrected chi connectivity index (χ1v) is 13.5. The van der Waals surface area contributed by atoms with Gasteiger partial charge in [0.15, 0.2) is 0 Å². The fraction of sp³-hybridized carbons (Fsp3) is 0.241. The van der Waals surface area contributed by atoms with Crippen LogP contribution in [0.25, 0.3) is 6.08 Å². The Morgan fingerprint density at radius 3 is 2.50 bits per heavy atom. The Balaban J connectivity index is 1.36. The van der Waals surface area contributed by atoms with Crippen molar-refractivity contribution in [1.29, 1.82) is 0 Å². The number of piperazine rings is 1. The molecule has 0 spiro atoms. The number of likely N-dealkylation sites (N-methyl/N-ethyl adjacent to an activating group) is 1. The standard InChI is InChI=1S/C29H28ClN3O2S/c1-2-31-14-16-32(17-15-31)28(34)23-12-10-21(11-13-23)19-27-29(35)33(20-22-6-5-7-24(30)18-22)25-8-3-4-9-26(25)36-27/h3-13,18-19H,2,14-17,20H2,1H3/p+1. The zero-order valence-corrected chi connectivity index (χ0v) is 21.8. The molecule has 0 bridgehead atoms. The molecule has 2 heterocycles. The Labute approximate surface area is 221 Å². The Morgan fingerprint density at radius 2 is 1.78 bits per heavy atom. The van der Waals surface area contributed by atoms with Gasteiger partial charge in [0, 0.05) is 15.5 Å². The normalized spacial score (nSPS) is 17.4. The van der Waals surface area contributed by atoms with Gasteiger partial charge in [-0.3, -0.25) is 9.59 Å². The van der Waals surface area contributed by atoms with E-state index in [-0.39, 0.29) is 11.8 Å². The molecule has 2 aliphatic rings. The van der Waals surface area contributed by atoms with E-state index in [9.17, 15) is 9.59 Å². The number of carbonyl (C=O) groups is 2. The Kier molecular flexibility index (Phi) is 7.46. The number of para-hydroxylation sites is 1. The maximum absolute atomic E-state index is 13.6. The summed E-state index contributed by atoms with van der Waals surface area (Å²) in [6.45, 7) is 7.31. The van der Waals surface area contributed by atoms with Crippen molar-refractivity contribution in [1.82, 2.24) is 4.90 Å². The zero-order valence-electron chi connectivity index (χ0n) is 20.2. The average molecular weight is 519 g/mol. The molecule has 0 aliphatic carbocycles. The van der Waals surface area contributed by atoms with Gasteiger partial charge in [-0.2, -0.15) is 0 Å². The first-order valence-electron chi connectivity index (χ1n) is 12.3. The molecule has 1 fully saturated rings. The maximum atomic E-state index is 13.6. The minimum Gasteiger partial charge on any atom is -0.332 e. The van der Waals surface area contributed by atoms with E-state index >= 15 is 0 Å². The second-order valence-corrected chi connectivity index (χ2v) is 10.6.